The lowest BCUT2D eigenvalue weighted by molar-refractivity contribution is 1.32. The molecule has 12 nitrogen and oxygen atoms in total. The van der Waals surface area contributed by atoms with Crippen molar-refractivity contribution in [1.29, 1.82) is 0 Å². The Morgan fingerprint density at radius 1 is 0.200 bits per heavy atom. The number of imidazole rings is 2. The summed E-state index contributed by atoms with van der Waals surface area (Å²) in [6.45, 7) is 0. The van der Waals surface area contributed by atoms with Crippen molar-refractivity contribution in [2.45, 2.75) is 0 Å². The molecule has 0 amide bonds. The van der Waals surface area contributed by atoms with Gasteiger partial charge in [0.1, 0.15) is 11.6 Å². The molecule has 12 heteroatoms. The van der Waals surface area contributed by atoms with Crippen LogP contribution >= 0.6 is 0 Å². The number of hydrogen-bond donors (Lipinski definition) is 4. The van der Waals surface area contributed by atoms with Crippen LogP contribution < -0.4 is 0 Å². The quantitative estimate of drug-likeness (QED) is 0.126. The fraction of sp³-hybridized carbons (Fsp3) is 0. The van der Waals surface area contributed by atoms with E-state index < -0.39 is 0 Å². The van der Waals surface area contributed by atoms with Gasteiger partial charge in [0.15, 0.2) is 0 Å². The van der Waals surface area contributed by atoms with Crippen LogP contribution in [-0.2, 0) is 0 Å². The molecule has 0 radical (unpaired) electrons. The Bertz CT molecular complexity index is 6010. The Morgan fingerprint density at radius 3 is 1.00 bits per heavy atom. The van der Waals surface area contributed by atoms with Gasteiger partial charge in [-0.2, -0.15) is 0 Å². The first-order valence-electron chi connectivity index (χ1n) is 30.1. The zero-order valence-corrected chi connectivity index (χ0v) is 47.5. The minimum Gasteiger partial charge on any atom is -0.354 e. The first-order chi connectivity index (χ1) is 44.5. The van der Waals surface area contributed by atoms with Gasteiger partial charge >= 0.3 is 0 Å². The summed E-state index contributed by atoms with van der Waals surface area (Å²) in [5.74, 6) is 1.46. The highest BCUT2D eigenvalue weighted by Gasteiger charge is 2.22. The van der Waals surface area contributed by atoms with Crippen LogP contribution in [0.1, 0.15) is 0 Å². The van der Waals surface area contributed by atoms with Gasteiger partial charge < -0.3 is 19.9 Å². The minimum atomic E-state index is 0.731. The molecule has 4 N–H and O–H groups in total. The number of fused-ring (bicyclic) bond motifs is 18. The van der Waals surface area contributed by atoms with Crippen molar-refractivity contribution < 1.29 is 0 Å². The minimum absolute atomic E-state index is 0.731. The van der Waals surface area contributed by atoms with Crippen molar-refractivity contribution in [3.8, 4) is 45.0 Å². The number of aromatic nitrogens is 12. The molecule has 0 spiro atoms. The predicted molar refractivity (Wildman–Crippen MR) is 368 cm³/mol. The third-order valence-corrected chi connectivity index (χ3v) is 18.7. The maximum absolute atomic E-state index is 5.54. The number of benzene rings is 9. The summed E-state index contributed by atoms with van der Waals surface area (Å²) in [5.41, 5.74) is 23.4. The molecule has 12 heterocycles. The van der Waals surface area contributed by atoms with E-state index in [9.17, 15) is 0 Å². The molecule has 0 aliphatic carbocycles. The summed E-state index contributed by atoms with van der Waals surface area (Å²) in [5, 5.41) is 11.8. The van der Waals surface area contributed by atoms with Crippen molar-refractivity contribution in [3.05, 3.63) is 231 Å². The summed E-state index contributed by atoms with van der Waals surface area (Å²) >= 11 is 0. The summed E-state index contributed by atoms with van der Waals surface area (Å²) < 4.78 is 0. The van der Waals surface area contributed by atoms with Crippen LogP contribution in [0.5, 0.6) is 0 Å². The van der Waals surface area contributed by atoms with E-state index in [0.29, 0.717) is 0 Å². The number of para-hydroxylation sites is 4. The Kier molecular flexibility index (Phi) is 9.30. The molecule has 0 aliphatic heterocycles. The maximum atomic E-state index is 5.54. The molecule has 12 aromatic heterocycles. The SMILES string of the molecule is c1ccc(-c2c3cc4cccc(c5ccc6c(n5)c5nc(ccc5c5[nH]c(-c7ccc(-c8nc9c%10ccc%11nc%10c%10nc(ccc%10c9[nH]8)c8cccc9cc([nH]c98)c(-c8ccccc8)c8cc9cccc%11c9n8)cc7)nc65)c5cccc6cc2[nH]c65)c4n3)cc1. The molecular formula is C78H42N12. The van der Waals surface area contributed by atoms with E-state index in [1.54, 1.807) is 0 Å². The molecule has 0 saturated carbocycles. The van der Waals surface area contributed by atoms with E-state index in [1.807, 2.05) is 0 Å². The number of pyridine rings is 4. The highest BCUT2D eigenvalue weighted by molar-refractivity contribution is 6.25. The van der Waals surface area contributed by atoms with Crippen LogP contribution in [0.3, 0.4) is 0 Å². The maximum Gasteiger partial charge on any atom is 0.138 e. The second kappa shape index (κ2) is 17.6. The third kappa shape index (κ3) is 6.72. The fourth-order valence-electron chi connectivity index (χ4n) is 14.5. The van der Waals surface area contributed by atoms with Gasteiger partial charge in [-0.15, -0.1) is 0 Å². The van der Waals surface area contributed by atoms with Crippen LogP contribution in [0.2, 0.25) is 0 Å². The fourth-order valence-corrected chi connectivity index (χ4v) is 14.5. The number of nitrogens with one attached hydrogen (secondary N) is 4. The molecule has 0 saturated heterocycles. The van der Waals surface area contributed by atoms with Crippen LogP contribution in [0.4, 0.5) is 0 Å². The first-order valence-corrected chi connectivity index (χ1v) is 30.1. The average molecular weight is 1150 g/mol. The van der Waals surface area contributed by atoms with E-state index in [0.717, 1.165) is 220 Å². The van der Waals surface area contributed by atoms with E-state index in [2.05, 4.69) is 250 Å². The normalized spacial score (nSPS) is 12.4. The van der Waals surface area contributed by atoms with Gasteiger partial charge in [-0.25, -0.2) is 39.9 Å². The highest BCUT2D eigenvalue weighted by atomic mass is 14.9. The number of aromatic amines is 4. The number of H-pyrrole nitrogens is 4. The molecule has 90 heavy (non-hydrogen) atoms. The Balaban J connectivity index is 0.735. The molecule has 0 atom stereocenters. The summed E-state index contributed by atoms with van der Waals surface area (Å²) in [6.07, 6.45) is 0. The monoisotopic (exact) mass is 1150 g/mol. The average Bonchev–Trinajstić information content (AvgIpc) is 1.45. The van der Waals surface area contributed by atoms with Gasteiger partial charge in [-0.05, 0) is 83.9 Å². The zero-order chi connectivity index (χ0) is 58.4. The molecule has 0 unspecified atom stereocenters. The van der Waals surface area contributed by atoms with Crippen LogP contribution in [0.15, 0.2) is 231 Å². The van der Waals surface area contributed by atoms with Gasteiger partial charge in [0.2, 0.25) is 0 Å². The third-order valence-electron chi connectivity index (χ3n) is 18.7. The van der Waals surface area contributed by atoms with E-state index >= 15 is 0 Å². The molecule has 414 valence electrons. The molecule has 16 bridgehead atoms. The summed E-state index contributed by atoms with van der Waals surface area (Å²) in [6, 6.07) is 80.9. The molecular weight excluding hydrogens is 1100 g/mol. The first kappa shape index (κ1) is 47.7. The van der Waals surface area contributed by atoms with E-state index in [-0.39, 0.29) is 0 Å². The van der Waals surface area contributed by atoms with Gasteiger partial charge in [0.25, 0.3) is 0 Å². The second-order valence-electron chi connectivity index (χ2n) is 23.7. The topological polar surface area (TPSA) is 166 Å². The summed E-state index contributed by atoms with van der Waals surface area (Å²) in [4.78, 5) is 59.0. The number of nitrogens with zero attached hydrogens (tertiary/aromatic N) is 8. The van der Waals surface area contributed by atoms with Crippen molar-refractivity contribution in [3.63, 3.8) is 0 Å². The molecule has 21 rings (SSSR count). The van der Waals surface area contributed by atoms with Gasteiger partial charge in [-0.3, -0.25) is 0 Å². The van der Waals surface area contributed by atoms with Crippen molar-refractivity contribution in [1.82, 2.24) is 59.8 Å². The Hall–Kier alpha value is -12.5. The van der Waals surface area contributed by atoms with Crippen molar-refractivity contribution in [2.75, 3.05) is 0 Å². The number of rotatable bonds is 4. The molecule has 0 fully saturated rings. The lowest BCUT2D eigenvalue weighted by atomic mass is 10.1. The second-order valence-corrected chi connectivity index (χ2v) is 23.7. The smallest absolute Gasteiger partial charge is 0.138 e. The van der Waals surface area contributed by atoms with Crippen molar-refractivity contribution in [2.24, 2.45) is 0 Å². The summed E-state index contributed by atoms with van der Waals surface area (Å²) in [7, 11) is 0. The van der Waals surface area contributed by atoms with Crippen LogP contribution in [0, 0.1) is 0 Å². The van der Waals surface area contributed by atoms with Gasteiger partial charge in [-0.1, -0.05) is 158 Å². The van der Waals surface area contributed by atoms with Gasteiger partial charge in [0.05, 0.1) is 99.3 Å². The van der Waals surface area contributed by atoms with Crippen molar-refractivity contribution >= 4 is 175 Å². The van der Waals surface area contributed by atoms with Crippen LogP contribution in [-0.4, -0.2) is 59.8 Å². The van der Waals surface area contributed by atoms with E-state index in [4.69, 9.17) is 39.9 Å². The standard InChI is InChI=1S/C78H42N12/c1-3-11-39(12-4-1)63-59-35-43-15-7-19-47(65(43)83-59)55-31-27-51-69(79-55)70-52(28-32-56(80-70)48-20-8-16-44-36-60(63)84-66(44)48)74-73(51)87-77(88-74)41-23-25-42(26-24-41)78-89-75-53-29-33-57-49-21-9-17-45-37-61(85-67(45)49)64(40-13-5-2-6-14-40)62-38-46-18-10-22-50(68(46)86-62)58-34-30-54(76(75)90-78)72(82-58)71(53)81-57/h1-38,83,85H,(H,87,88)(H,89,90). The largest absolute Gasteiger partial charge is 0.354 e. The van der Waals surface area contributed by atoms with Crippen LogP contribution in [0.25, 0.3) is 220 Å². The zero-order valence-electron chi connectivity index (χ0n) is 47.5. The van der Waals surface area contributed by atoms with E-state index in [1.165, 1.54) is 0 Å². The Labute approximate surface area is 507 Å². The molecule has 21 aromatic rings. The highest BCUT2D eigenvalue weighted by Crippen LogP contribution is 2.42. The molecule has 0 aliphatic rings. The molecule has 9 aromatic carbocycles. The van der Waals surface area contributed by atoms with Gasteiger partial charge in [0, 0.05) is 97.9 Å². The lowest BCUT2D eigenvalue weighted by Gasteiger charge is -2.07. The number of hydrogen-bond acceptors (Lipinski definition) is 8. The predicted octanol–water partition coefficient (Wildman–Crippen LogP) is 19.3. The lowest BCUT2D eigenvalue weighted by Crippen LogP contribution is -1.90. The Morgan fingerprint density at radius 2 is 0.567 bits per heavy atom.